The van der Waals surface area contributed by atoms with Crippen molar-refractivity contribution in [1.29, 1.82) is 0 Å². The van der Waals surface area contributed by atoms with Crippen LogP contribution < -0.4 is 4.74 Å². The molecule has 0 atom stereocenters. The molecule has 0 fully saturated rings. The molecule has 32 heavy (non-hydrogen) atoms. The summed E-state index contributed by atoms with van der Waals surface area (Å²) in [6.45, 7) is 7.25. The van der Waals surface area contributed by atoms with E-state index in [2.05, 4.69) is 51.2 Å². The van der Waals surface area contributed by atoms with Gasteiger partial charge in [-0.1, -0.05) is 13.0 Å². The number of amides is 1. The lowest BCUT2D eigenvalue weighted by molar-refractivity contribution is -0.132. The van der Waals surface area contributed by atoms with Crippen molar-refractivity contribution in [3.63, 3.8) is 0 Å². The van der Waals surface area contributed by atoms with Gasteiger partial charge in [0.15, 0.2) is 0 Å². The molecule has 0 aliphatic carbocycles. The number of hydrogen-bond acceptors (Lipinski definition) is 6. The van der Waals surface area contributed by atoms with E-state index in [4.69, 9.17) is 4.74 Å². The van der Waals surface area contributed by atoms with Gasteiger partial charge in [-0.25, -0.2) is 4.98 Å². The van der Waals surface area contributed by atoms with Crippen molar-refractivity contribution < 1.29 is 9.53 Å². The first-order valence-electron chi connectivity index (χ1n) is 11.2. The van der Waals surface area contributed by atoms with Crippen molar-refractivity contribution in [3.8, 4) is 5.75 Å². The van der Waals surface area contributed by atoms with Crippen LogP contribution in [0.15, 0.2) is 55.4 Å². The number of carbonyl (C=O) groups excluding carboxylic acids is 1. The van der Waals surface area contributed by atoms with Crippen LogP contribution in [0.25, 0.3) is 0 Å². The van der Waals surface area contributed by atoms with Gasteiger partial charge in [0.05, 0.1) is 6.54 Å². The van der Waals surface area contributed by atoms with E-state index < -0.39 is 0 Å². The van der Waals surface area contributed by atoms with Crippen molar-refractivity contribution in [2.45, 2.75) is 45.9 Å². The molecule has 8 heteroatoms. The second kappa shape index (κ2) is 10.9. The van der Waals surface area contributed by atoms with E-state index in [0.717, 1.165) is 37.4 Å². The highest BCUT2D eigenvalue weighted by molar-refractivity contribution is 5.76. The number of nitrogens with zero attached hydrogens (tertiary/aromatic N) is 6. The second-order valence-corrected chi connectivity index (χ2v) is 8.03. The zero-order valence-electron chi connectivity index (χ0n) is 18.6. The summed E-state index contributed by atoms with van der Waals surface area (Å²) in [7, 11) is 0. The van der Waals surface area contributed by atoms with Gasteiger partial charge in [-0.05, 0) is 48.4 Å². The molecule has 2 aromatic heterocycles. The molecule has 0 saturated carbocycles. The largest absolute Gasteiger partial charge is 0.491 e. The Morgan fingerprint density at radius 2 is 1.97 bits per heavy atom. The Morgan fingerprint density at radius 1 is 1.12 bits per heavy atom. The van der Waals surface area contributed by atoms with Crippen molar-refractivity contribution in [2.75, 3.05) is 19.7 Å². The molecule has 0 spiro atoms. The fourth-order valence-electron chi connectivity index (χ4n) is 3.94. The Balaban J connectivity index is 1.37. The predicted octanol–water partition coefficient (Wildman–Crippen LogP) is 2.90. The molecule has 1 aromatic carbocycles. The molecule has 0 bridgehead atoms. The average Bonchev–Trinajstić information content (AvgIpc) is 3.24. The highest BCUT2D eigenvalue weighted by Gasteiger charge is 2.20. The van der Waals surface area contributed by atoms with Gasteiger partial charge in [-0.3, -0.25) is 19.4 Å². The number of aryl methyl sites for hydroxylation is 1. The summed E-state index contributed by atoms with van der Waals surface area (Å²) in [5.74, 6) is 1.03. The van der Waals surface area contributed by atoms with Crippen LogP contribution in [0.1, 0.15) is 36.5 Å². The normalized spacial score (nSPS) is 13.5. The molecular weight excluding hydrogens is 404 g/mol. The van der Waals surface area contributed by atoms with E-state index in [1.807, 2.05) is 23.4 Å². The summed E-state index contributed by atoms with van der Waals surface area (Å²) in [5.41, 5.74) is 3.55. The number of benzene rings is 1. The lowest BCUT2D eigenvalue weighted by Crippen LogP contribution is -2.32. The molecule has 1 amide bonds. The smallest absolute Gasteiger partial charge is 0.223 e. The number of aromatic nitrogens is 4. The average molecular weight is 435 g/mol. The molecule has 4 rings (SSSR count). The summed E-state index contributed by atoms with van der Waals surface area (Å²) < 4.78 is 7.69. The van der Waals surface area contributed by atoms with Gasteiger partial charge >= 0.3 is 0 Å². The Morgan fingerprint density at radius 3 is 2.75 bits per heavy atom. The van der Waals surface area contributed by atoms with Crippen molar-refractivity contribution in [2.24, 2.45) is 0 Å². The number of ether oxygens (including phenoxy) is 1. The van der Waals surface area contributed by atoms with Crippen LogP contribution >= 0.6 is 0 Å². The van der Waals surface area contributed by atoms with Gasteiger partial charge < -0.3 is 9.64 Å². The Hall–Kier alpha value is -3.26. The zero-order chi connectivity index (χ0) is 22.2. The lowest BCUT2D eigenvalue weighted by Gasteiger charge is -2.22. The first-order chi connectivity index (χ1) is 15.7. The van der Waals surface area contributed by atoms with Crippen LogP contribution in [-0.4, -0.2) is 55.2 Å². The number of pyridine rings is 1. The van der Waals surface area contributed by atoms with Crippen molar-refractivity contribution >= 4 is 5.91 Å². The van der Waals surface area contributed by atoms with Gasteiger partial charge in [0, 0.05) is 50.6 Å². The summed E-state index contributed by atoms with van der Waals surface area (Å²) in [6.07, 6.45) is 8.09. The zero-order valence-corrected chi connectivity index (χ0v) is 18.6. The second-order valence-electron chi connectivity index (χ2n) is 8.03. The van der Waals surface area contributed by atoms with Crippen LogP contribution in [-0.2, 0) is 31.0 Å². The molecular formula is C24H30N6O2. The highest BCUT2D eigenvalue weighted by atomic mass is 16.5. The molecule has 0 saturated heterocycles. The highest BCUT2D eigenvalue weighted by Crippen LogP contribution is 2.26. The number of rotatable bonds is 9. The van der Waals surface area contributed by atoms with E-state index in [0.29, 0.717) is 32.7 Å². The number of hydrogen-bond donors (Lipinski definition) is 0. The first-order valence-corrected chi connectivity index (χ1v) is 11.2. The van der Waals surface area contributed by atoms with Gasteiger partial charge in [0.2, 0.25) is 5.91 Å². The fourth-order valence-corrected chi connectivity index (χ4v) is 3.94. The van der Waals surface area contributed by atoms with Crippen molar-refractivity contribution in [1.82, 2.24) is 29.5 Å². The topological polar surface area (TPSA) is 76.4 Å². The molecule has 0 radical (unpaired) electrons. The Kier molecular flexibility index (Phi) is 7.45. The maximum atomic E-state index is 12.8. The van der Waals surface area contributed by atoms with E-state index in [-0.39, 0.29) is 5.91 Å². The van der Waals surface area contributed by atoms with Crippen LogP contribution in [0.2, 0.25) is 0 Å². The monoisotopic (exact) mass is 434 g/mol. The number of fused-ring (bicyclic) bond motifs is 1. The molecule has 0 unspecified atom stereocenters. The third kappa shape index (κ3) is 5.91. The van der Waals surface area contributed by atoms with Gasteiger partial charge in [-0.15, -0.1) is 0 Å². The summed E-state index contributed by atoms with van der Waals surface area (Å²) >= 11 is 0. The third-order valence-corrected chi connectivity index (χ3v) is 5.71. The summed E-state index contributed by atoms with van der Waals surface area (Å²) in [6, 6.07) is 10.5. The van der Waals surface area contributed by atoms with Gasteiger partial charge in [0.1, 0.15) is 25.0 Å². The molecule has 8 nitrogen and oxygen atoms in total. The molecule has 168 valence electrons. The van der Waals surface area contributed by atoms with Crippen LogP contribution in [0, 0.1) is 0 Å². The predicted molar refractivity (Wildman–Crippen MR) is 121 cm³/mol. The Labute approximate surface area is 188 Å². The Bertz CT molecular complexity index is 993. The summed E-state index contributed by atoms with van der Waals surface area (Å²) in [4.78, 5) is 25.2. The maximum absolute atomic E-state index is 12.8. The molecule has 1 aliphatic heterocycles. The quantitative estimate of drug-likeness (QED) is 0.515. The minimum atomic E-state index is 0.153. The molecule has 3 aromatic rings. The van der Waals surface area contributed by atoms with E-state index >= 15 is 0 Å². The lowest BCUT2D eigenvalue weighted by atomic mass is 10.1. The fraction of sp³-hybridized carbons (Fsp3) is 0.417. The van der Waals surface area contributed by atoms with Crippen LogP contribution in [0.4, 0.5) is 0 Å². The van der Waals surface area contributed by atoms with Crippen LogP contribution in [0.5, 0.6) is 5.75 Å². The third-order valence-electron chi connectivity index (χ3n) is 5.71. The minimum Gasteiger partial charge on any atom is -0.491 e. The molecule has 3 heterocycles. The standard InChI is InChI=1S/C24H30N6O2/c1-2-28(15-20-7-9-25-10-8-20)16-21-5-6-23-22(14-21)17-29(12-13-32-23)24(31)4-3-11-30-19-26-18-27-30/h5-10,14,18-19H,2-4,11-13,15-17H2,1H3. The minimum absolute atomic E-state index is 0.153. The van der Waals surface area contributed by atoms with E-state index in [1.54, 1.807) is 11.0 Å². The SMILES string of the molecule is CCN(Cc1ccncc1)Cc1ccc2c(c1)CN(C(=O)CCCn1cncn1)CCO2. The van der Waals surface area contributed by atoms with E-state index in [9.17, 15) is 4.79 Å². The molecule has 1 aliphatic rings. The molecule has 0 N–H and O–H groups in total. The van der Waals surface area contributed by atoms with Crippen LogP contribution in [0.3, 0.4) is 0 Å². The van der Waals surface area contributed by atoms with Crippen molar-refractivity contribution in [3.05, 3.63) is 72.1 Å². The summed E-state index contributed by atoms with van der Waals surface area (Å²) in [5, 5.41) is 4.09. The number of carbonyl (C=O) groups is 1. The van der Waals surface area contributed by atoms with Gasteiger partial charge in [-0.2, -0.15) is 5.10 Å². The van der Waals surface area contributed by atoms with Gasteiger partial charge in [0.25, 0.3) is 0 Å². The maximum Gasteiger partial charge on any atom is 0.223 e. The first kappa shape index (κ1) is 22.0. The van der Waals surface area contributed by atoms with E-state index in [1.165, 1.54) is 17.5 Å².